The lowest BCUT2D eigenvalue weighted by molar-refractivity contribution is 0.737. The average Bonchev–Trinajstić information content (AvgIpc) is 1.99. The van der Waals surface area contributed by atoms with Crippen LogP contribution in [0.15, 0.2) is 35.3 Å². The largest absolute Gasteiger partial charge is 0.148 e. The molecule has 0 aromatic heterocycles. The highest BCUT2D eigenvalue weighted by Gasteiger charge is 1.75. The van der Waals surface area contributed by atoms with Crippen LogP contribution in [0, 0.1) is 5.92 Å². The molecule has 0 aliphatic rings. The Hall–Kier alpha value is -0.430. The molecule has 0 radical (unpaired) electrons. The highest BCUT2D eigenvalue weighted by molar-refractivity contribution is 7.84. The van der Waals surface area contributed by atoms with Crippen LogP contribution in [0.2, 0.25) is 0 Å². The van der Waals surface area contributed by atoms with Crippen molar-refractivity contribution in [2.24, 2.45) is 5.92 Å². The summed E-state index contributed by atoms with van der Waals surface area (Å²) < 4.78 is 0. The van der Waals surface area contributed by atoms with Crippen molar-refractivity contribution in [3.8, 4) is 0 Å². The summed E-state index contributed by atoms with van der Waals surface area (Å²) in [6.07, 6.45) is 5.74. The van der Waals surface area contributed by atoms with E-state index in [1.54, 1.807) is 0 Å². The summed E-state index contributed by atoms with van der Waals surface area (Å²) in [5, 5.41) is 0. The molecule has 0 N–H and O–H groups in total. The third-order valence-electron chi connectivity index (χ3n) is 0.909. The zero-order chi connectivity index (χ0) is 10.9. The molecule has 0 unspecified atom stereocenters. The first kappa shape index (κ1) is 15.1. The third-order valence-corrected chi connectivity index (χ3v) is 1.06. The molecule has 0 aromatic carbocycles. The van der Waals surface area contributed by atoms with Crippen LogP contribution in [0.25, 0.3) is 0 Å². The Kier molecular flexibility index (Phi) is 11.2. The first-order chi connectivity index (χ1) is 5.90. The molecule has 0 nitrogen and oxygen atoms in total. The molecule has 0 bridgehead atoms. The molecule has 0 rings (SSSR count). The van der Waals surface area contributed by atoms with Crippen molar-refractivity contribution < 1.29 is 0 Å². The maximum atomic E-state index is 4.09. The molecule has 0 saturated carbocycles. The third kappa shape index (κ3) is 24.5. The van der Waals surface area contributed by atoms with Crippen LogP contribution in [-0.2, 0) is 0 Å². The normalized spacial score (nSPS) is 12.2. The number of thiol groups is 1. The molecule has 0 aromatic rings. The van der Waals surface area contributed by atoms with Gasteiger partial charge in [-0.05, 0) is 24.7 Å². The molecule has 76 valence electrons. The van der Waals surface area contributed by atoms with Gasteiger partial charge in [0.05, 0.1) is 0 Å². The minimum absolute atomic E-state index is 0.833. The van der Waals surface area contributed by atoms with Crippen LogP contribution < -0.4 is 0 Å². The van der Waals surface area contributed by atoms with E-state index in [1.165, 1.54) is 0 Å². The Bertz CT molecular complexity index is 179. The smallest absolute Gasteiger partial charge is 0.0215 e. The lowest BCUT2D eigenvalue weighted by atomic mass is 10.3. The number of hydrogen-bond donors (Lipinski definition) is 1. The minimum Gasteiger partial charge on any atom is -0.148 e. The quantitative estimate of drug-likeness (QED) is 0.486. The molecule has 1 heteroatoms. The second-order valence-electron chi connectivity index (χ2n) is 3.65. The number of allylic oxidation sites excluding steroid dienone is 5. The van der Waals surface area contributed by atoms with Crippen LogP contribution in [0.3, 0.4) is 0 Å². The van der Waals surface area contributed by atoms with Crippen molar-refractivity contribution in [1.82, 2.24) is 0 Å². The van der Waals surface area contributed by atoms with Gasteiger partial charge in [-0.25, -0.2) is 0 Å². The van der Waals surface area contributed by atoms with Gasteiger partial charge in [-0.3, -0.25) is 0 Å². The summed E-state index contributed by atoms with van der Waals surface area (Å²) in [4.78, 5) is 1.01. The molecule has 0 fully saturated rings. The van der Waals surface area contributed by atoms with Gasteiger partial charge in [0.1, 0.15) is 0 Å². The van der Waals surface area contributed by atoms with E-state index in [4.69, 9.17) is 0 Å². The Balaban J connectivity index is 0. The van der Waals surface area contributed by atoms with Crippen LogP contribution in [-0.4, -0.2) is 0 Å². The molecule has 0 amide bonds. The van der Waals surface area contributed by atoms with E-state index in [2.05, 4.69) is 40.0 Å². The summed E-state index contributed by atoms with van der Waals surface area (Å²) in [7, 11) is 0. The highest BCUT2D eigenvalue weighted by Crippen LogP contribution is 2.00. The fourth-order valence-corrected chi connectivity index (χ4v) is 0.395. The molecule has 0 spiro atoms. The van der Waals surface area contributed by atoms with Crippen molar-refractivity contribution in [1.29, 1.82) is 0 Å². The summed E-state index contributed by atoms with van der Waals surface area (Å²) >= 11 is 4.09. The van der Waals surface area contributed by atoms with Gasteiger partial charge in [0.2, 0.25) is 0 Å². The fraction of sp³-hybridized carbons (Fsp3) is 0.500. The number of hydrogen-bond acceptors (Lipinski definition) is 1. The Morgan fingerprint density at radius 1 is 1.15 bits per heavy atom. The predicted molar refractivity (Wildman–Crippen MR) is 67.2 cm³/mol. The zero-order valence-corrected chi connectivity index (χ0v) is 10.4. The Labute approximate surface area is 88.8 Å². The van der Waals surface area contributed by atoms with Crippen molar-refractivity contribution in [3.63, 3.8) is 0 Å². The monoisotopic (exact) mass is 198 g/mol. The van der Waals surface area contributed by atoms with E-state index in [0.29, 0.717) is 0 Å². The van der Waals surface area contributed by atoms with Crippen molar-refractivity contribution in [2.75, 3.05) is 0 Å². The van der Waals surface area contributed by atoms with Gasteiger partial charge in [0, 0.05) is 0 Å². The molecule has 0 aliphatic heterocycles. The lowest BCUT2D eigenvalue weighted by Gasteiger charge is -1.85. The first-order valence-electron chi connectivity index (χ1n) is 4.56. The maximum absolute atomic E-state index is 4.09. The van der Waals surface area contributed by atoms with Gasteiger partial charge >= 0.3 is 0 Å². The zero-order valence-electron chi connectivity index (χ0n) is 9.46. The van der Waals surface area contributed by atoms with Crippen LogP contribution in [0.5, 0.6) is 0 Å². The number of rotatable bonds is 2. The molecular formula is C12H22S. The van der Waals surface area contributed by atoms with Crippen molar-refractivity contribution in [3.05, 3.63) is 35.3 Å². The average molecular weight is 198 g/mol. The van der Waals surface area contributed by atoms with Crippen molar-refractivity contribution in [2.45, 2.75) is 34.6 Å². The molecule has 13 heavy (non-hydrogen) atoms. The van der Waals surface area contributed by atoms with Crippen LogP contribution in [0.4, 0.5) is 0 Å². The molecule has 0 saturated heterocycles. The molecule has 0 aliphatic carbocycles. The van der Waals surface area contributed by atoms with E-state index < -0.39 is 0 Å². The Morgan fingerprint density at radius 3 is 1.77 bits per heavy atom. The second-order valence-corrected chi connectivity index (χ2v) is 4.36. The van der Waals surface area contributed by atoms with E-state index in [1.807, 2.05) is 32.1 Å². The van der Waals surface area contributed by atoms with Gasteiger partial charge in [-0.1, -0.05) is 51.2 Å². The Morgan fingerprint density at radius 2 is 1.54 bits per heavy atom. The predicted octanol–water partition coefficient (Wildman–Crippen LogP) is 4.61. The van der Waals surface area contributed by atoms with E-state index in [0.717, 1.165) is 16.4 Å². The van der Waals surface area contributed by atoms with E-state index in [9.17, 15) is 0 Å². The minimum atomic E-state index is 0.833. The van der Waals surface area contributed by atoms with Gasteiger partial charge in [0.25, 0.3) is 0 Å². The topological polar surface area (TPSA) is 0 Å². The van der Waals surface area contributed by atoms with Gasteiger partial charge < -0.3 is 0 Å². The second kappa shape index (κ2) is 9.66. The van der Waals surface area contributed by atoms with Gasteiger partial charge in [-0.15, -0.1) is 12.6 Å². The molecule has 0 atom stereocenters. The van der Waals surface area contributed by atoms with Gasteiger partial charge in [0.15, 0.2) is 0 Å². The SMILES string of the molecule is C=C/C(C)=C\C=C(/C)S.CC(C)C. The summed E-state index contributed by atoms with van der Waals surface area (Å²) in [6.45, 7) is 14.1. The first-order valence-corrected chi connectivity index (χ1v) is 5.01. The maximum Gasteiger partial charge on any atom is -0.0215 e. The van der Waals surface area contributed by atoms with Crippen LogP contribution in [0.1, 0.15) is 34.6 Å². The van der Waals surface area contributed by atoms with Gasteiger partial charge in [-0.2, -0.15) is 0 Å². The molecular weight excluding hydrogens is 176 g/mol. The van der Waals surface area contributed by atoms with E-state index >= 15 is 0 Å². The molecule has 0 heterocycles. The summed E-state index contributed by atoms with van der Waals surface area (Å²) in [5.74, 6) is 0.833. The van der Waals surface area contributed by atoms with Crippen molar-refractivity contribution >= 4 is 12.6 Å². The summed E-state index contributed by atoms with van der Waals surface area (Å²) in [5.41, 5.74) is 1.16. The highest BCUT2D eigenvalue weighted by atomic mass is 32.1. The fourth-order valence-electron chi connectivity index (χ4n) is 0.320. The summed E-state index contributed by atoms with van der Waals surface area (Å²) in [6, 6.07) is 0. The standard InChI is InChI=1S/C8H12S.C4H10/c1-4-7(2)5-6-8(3)9;1-4(2)3/h4-6,9H,1H2,2-3H3;4H,1-3H3/b7-5-,8-6+;. The van der Waals surface area contributed by atoms with E-state index in [-0.39, 0.29) is 0 Å². The van der Waals surface area contributed by atoms with Crippen LogP contribution >= 0.6 is 12.6 Å². The lowest BCUT2D eigenvalue weighted by Crippen LogP contribution is -1.66.